The summed E-state index contributed by atoms with van der Waals surface area (Å²) in [5.41, 5.74) is 0.719. The lowest BCUT2D eigenvalue weighted by Crippen LogP contribution is -2.36. The summed E-state index contributed by atoms with van der Waals surface area (Å²) in [6, 6.07) is 7.12. The standard InChI is InChI=1S/C14H23N2O3P/c1-5-20(17,18)19-14-9-7-6-8-13(14)12-15-10-11-16(2,3)4/h6-9,12H,5,10-11H2,1-4H3/p+1. The Morgan fingerprint density at radius 1 is 1.35 bits per heavy atom. The Morgan fingerprint density at radius 3 is 2.60 bits per heavy atom. The van der Waals surface area contributed by atoms with Gasteiger partial charge in [0.05, 0.1) is 40.4 Å². The van der Waals surface area contributed by atoms with E-state index in [0.29, 0.717) is 12.3 Å². The topological polar surface area (TPSA) is 58.9 Å². The molecule has 0 bridgehead atoms. The lowest BCUT2D eigenvalue weighted by atomic mass is 10.2. The predicted molar refractivity (Wildman–Crippen MR) is 82.8 cm³/mol. The molecular weight excluding hydrogens is 275 g/mol. The Labute approximate surface area is 121 Å². The Hall–Kier alpha value is -1.16. The molecule has 0 aliphatic rings. The van der Waals surface area contributed by atoms with Crippen molar-refractivity contribution in [1.82, 2.24) is 0 Å². The molecule has 0 aliphatic heterocycles. The van der Waals surface area contributed by atoms with Crippen molar-refractivity contribution >= 4 is 13.8 Å². The van der Waals surface area contributed by atoms with Gasteiger partial charge in [-0.05, 0) is 12.1 Å². The number of quaternary nitrogens is 1. The number of hydrogen-bond acceptors (Lipinski definition) is 3. The minimum atomic E-state index is -3.55. The molecule has 0 spiro atoms. The fourth-order valence-electron chi connectivity index (χ4n) is 1.41. The number of benzene rings is 1. The Kier molecular flexibility index (Phi) is 5.93. The van der Waals surface area contributed by atoms with E-state index < -0.39 is 7.60 Å². The maximum absolute atomic E-state index is 11.7. The molecule has 0 aliphatic carbocycles. The van der Waals surface area contributed by atoms with Gasteiger partial charge in [0.25, 0.3) is 0 Å². The number of para-hydroxylation sites is 1. The minimum absolute atomic E-state index is 0.0833. The van der Waals surface area contributed by atoms with Crippen molar-refractivity contribution in [2.24, 2.45) is 4.99 Å². The summed E-state index contributed by atoms with van der Waals surface area (Å²) in [6.07, 6.45) is 1.78. The van der Waals surface area contributed by atoms with Gasteiger partial charge in [-0.1, -0.05) is 19.1 Å². The molecule has 0 heterocycles. The van der Waals surface area contributed by atoms with Crippen LogP contribution >= 0.6 is 7.60 Å². The zero-order valence-corrected chi connectivity index (χ0v) is 13.5. The first-order valence-corrected chi connectivity index (χ1v) is 8.40. The van der Waals surface area contributed by atoms with Crippen LogP contribution in [0.5, 0.6) is 5.75 Å². The fraction of sp³-hybridized carbons (Fsp3) is 0.500. The van der Waals surface area contributed by atoms with E-state index in [9.17, 15) is 9.46 Å². The van der Waals surface area contributed by atoms with E-state index in [1.54, 1.807) is 25.3 Å². The molecular formula is C14H24N2O3P+. The van der Waals surface area contributed by atoms with Gasteiger partial charge in [0.2, 0.25) is 0 Å². The average molecular weight is 299 g/mol. The van der Waals surface area contributed by atoms with E-state index in [-0.39, 0.29) is 6.16 Å². The second-order valence-corrected chi connectivity index (χ2v) is 7.72. The molecule has 112 valence electrons. The highest BCUT2D eigenvalue weighted by atomic mass is 31.2. The summed E-state index contributed by atoms with van der Waals surface area (Å²) in [5, 5.41) is 0. The maximum atomic E-state index is 11.7. The van der Waals surface area contributed by atoms with Crippen molar-refractivity contribution < 1.29 is 18.5 Å². The van der Waals surface area contributed by atoms with Crippen LogP contribution in [-0.4, -0.2) is 56.0 Å². The first-order valence-electron chi connectivity index (χ1n) is 6.64. The molecule has 6 heteroatoms. The monoisotopic (exact) mass is 299 g/mol. The van der Waals surface area contributed by atoms with E-state index in [1.165, 1.54) is 0 Å². The molecule has 0 fully saturated rings. The summed E-state index contributed by atoms with van der Waals surface area (Å²) in [4.78, 5) is 13.9. The van der Waals surface area contributed by atoms with Crippen molar-refractivity contribution in [3.05, 3.63) is 29.8 Å². The van der Waals surface area contributed by atoms with Crippen molar-refractivity contribution in [1.29, 1.82) is 0 Å². The Morgan fingerprint density at radius 2 is 2.00 bits per heavy atom. The van der Waals surface area contributed by atoms with Crippen LogP contribution in [0.15, 0.2) is 29.3 Å². The average Bonchev–Trinajstić information content (AvgIpc) is 2.35. The van der Waals surface area contributed by atoms with Gasteiger partial charge in [0.15, 0.2) is 0 Å². The summed E-state index contributed by atoms with van der Waals surface area (Å²) in [6.45, 7) is 3.24. The second-order valence-electron chi connectivity index (χ2n) is 5.63. The molecule has 20 heavy (non-hydrogen) atoms. The summed E-state index contributed by atoms with van der Waals surface area (Å²) in [7, 11) is 2.77. The first kappa shape index (κ1) is 16.9. The van der Waals surface area contributed by atoms with Gasteiger partial charge in [-0.25, -0.2) is 4.57 Å². The van der Waals surface area contributed by atoms with Crippen molar-refractivity contribution in [2.45, 2.75) is 6.92 Å². The number of nitrogens with zero attached hydrogens (tertiary/aromatic N) is 2. The molecule has 1 atom stereocenters. The molecule has 0 saturated heterocycles. The molecule has 0 saturated carbocycles. The summed E-state index contributed by atoms with van der Waals surface area (Å²) in [5.74, 6) is 0.397. The quantitative estimate of drug-likeness (QED) is 0.478. The van der Waals surface area contributed by atoms with Crippen LogP contribution in [0.2, 0.25) is 0 Å². The van der Waals surface area contributed by atoms with Gasteiger partial charge in [0, 0.05) is 11.8 Å². The van der Waals surface area contributed by atoms with Gasteiger partial charge >= 0.3 is 7.60 Å². The fourth-order valence-corrected chi connectivity index (χ4v) is 2.01. The van der Waals surface area contributed by atoms with E-state index in [0.717, 1.165) is 16.6 Å². The Bertz CT molecular complexity index is 509. The molecule has 5 nitrogen and oxygen atoms in total. The van der Waals surface area contributed by atoms with Crippen LogP contribution in [0.1, 0.15) is 12.5 Å². The lowest BCUT2D eigenvalue weighted by molar-refractivity contribution is -0.868. The smallest absolute Gasteiger partial charge is 0.376 e. The highest BCUT2D eigenvalue weighted by Crippen LogP contribution is 2.42. The van der Waals surface area contributed by atoms with E-state index >= 15 is 0 Å². The van der Waals surface area contributed by atoms with Crippen LogP contribution in [0.3, 0.4) is 0 Å². The molecule has 0 aromatic heterocycles. The number of hydrogen-bond donors (Lipinski definition) is 1. The third-order valence-corrected chi connectivity index (χ3v) is 3.97. The van der Waals surface area contributed by atoms with Crippen LogP contribution in [-0.2, 0) is 4.57 Å². The predicted octanol–water partition coefficient (Wildman–Crippen LogP) is 2.40. The van der Waals surface area contributed by atoms with Gasteiger partial charge in [-0.3, -0.25) is 4.99 Å². The van der Waals surface area contributed by atoms with Gasteiger partial charge in [-0.2, -0.15) is 0 Å². The normalized spacial score (nSPS) is 15.2. The third kappa shape index (κ3) is 6.33. The maximum Gasteiger partial charge on any atom is 0.376 e. The molecule has 1 unspecified atom stereocenters. The van der Waals surface area contributed by atoms with E-state index in [2.05, 4.69) is 26.1 Å². The SMILES string of the molecule is CCP(=O)(O)Oc1ccccc1C=NCC[N+](C)(C)C. The summed E-state index contributed by atoms with van der Waals surface area (Å²) >= 11 is 0. The highest BCUT2D eigenvalue weighted by molar-refractivity contribution is 7.53. The molecule has 1 aromatic carbocycles. The largest absolute Gasteiger partial charge is 0.424 e. The molecule has 0 radical (unpaired) electrons. The van der Waals surface area contributed by atoms with Crippen LogP contribution in [0, 0.1) is 0 Å². The molecule has 1 N–H and O–H groups in total. The zero-order valence-electron chi connectivity index (χ0n) is 12.6. The van der Waals surface area contributed by atoms with Gasteiger partial charge in [-0.15, -0.1) is 0 Å². The van der Waals surface area contributed by atoms with E-state index in [1.807, 2.05) is 12.1 Å². The zero-order chi connectivity index (χ0) is 15.2. The van der Waals surface area contributed by atoms with Gasteiger partial charge < -0.3 is 13.9 Å². The minimum Gasteiger partial charge on any atom is -0.424 e. The number of rotatable bonds is 7. The number of aliphatic imine (C=N–C) groups is 1. The van der Waals surface area contributed by atoms with Crippen LogP contribution < -0.4 is 4.52 Å². The highest BCUT2D eigenvalue weighted by Gasteiger charge is 2.18. The summed E-state index contributed by atoms with van der Waals surface area (Å²) < 4.78 is 17.7. The molecule has 1 aromatic rings. The third-order valence-electron chi connectivity index (χ3n) is 2.69. The lowest BCUT2D eigenvalue weighted by Gasteiger charge is -2.22. The van der Waals surface area contributed by atoms with Crippen LogP contribution in [0.4, 0.5) is 0 Å². The molecule has 1 rings (SSSR count). The first-order chi connectivity index (χ1) is 9.23. The Balaban J connectivity index is 2.76. The second kappa shape index (κ2) is 7.02. The van der Waals surface area contributed by atoms with E-state index in [4.69, 9.17) is 4.52 Å². The molecule has 0 amide bonds. The van der Waals surface area contributed by atoms with Crippen molar-refractivity contribution in [3.8, 4) is 5.75 Å². The van der Waals surface area contributed by atoms with Gasteiger partial charge in [0.1, 0.15) is 5.75 Å². The van der Waals surface area contributed by atoms with Crippen LogP contribution in [0.25, 0.3) is 0 Å². The number of likely N-dealkylation sites (N-methyl/N-ethyl adjacent to an activating group) is 1. The van der Waals surface area contributed by atoms with Crippen molar-refractivity contribution in [3.63, 3.8) is 0 Å². The van der Waals surface area contributed by atoms with Crippen molar-refractivity contribution in [2.75, 3.05) is 40.4 Å².